The van der Waals surface area contributed by atoms with Crippen molar-refractivity contribution >= 4 is 23.3 Å². The Morgan fingerprint density at radius 2 is 1.94 bits per heavy atom. The molecule has 0 atom stereocenters. The van der Waals surface area contributed by atoms with E-state index in [9.17, 15) is 9.59 Å². The largest absolute Gasteiger partial charge is 0.455 e. The summed E-state index contributed by atoms with van der Waals surface area (Å²) in [5, 5.41) is 8.69. The van der Waals surface area contributed by atoms with Crippen LogP contribution in [0.1, 0.15) is 71.7 Å². The first-order valence-electron chi connectivity index (χ1n) is 10.7. The Morgan fingerprint density at radius 1 is 1.19 bits per heavy atom. The van der Waals surface area contributed by atoms with E-state index in [1.54, 1.807) is 24.0 Å². The minimum absolute atomic E-state index is 0.0277. The molecule has 168 valence electrons. The molecule has 2 aromatic heterocycles. The summed E-state index contributed by atoms with van der Waals surface area (Å²) in [6, 6.07) is 7.20. The van der Waals surface area contributed by atoms with Crippen LogP contribution < -0.4 is 0 Å². The SMILES string of the molecule is CCCN(Cc1nnc(-c2ccccc2Cl)o1)C(=O)c1oc2c(c1C)C(=O)CC(C)(C)C2. The van der Waals surface area contributed by atoms with Crippen LogP contribution in [0.25, 0.3) is 11.5 Å². The predicted octanol–water partition coefficient (Wildman–Crippen LogP) is 5.50. The van der Waals surface area contributed by atoms with Gasteiger partial charge in [-0.3, -0.25) is 9.59 Å². The molecule has 0 radical (unpaired) electrons. The molecule has 0 aliphatic heterocycles. The summed E-state index contributed by atoms with van der Waals surface area (Å²) in [4.78, 5) is 27.7. The number of Topliss-reactive ketones (excluding diaryl/α,β-unsaturated/α-hetero) is 1. The van der Waals surface area contributed by atoms with Crippen molar-refractivity contribution in [3.63, 3.8) is 0 Å². The van der Waals surface area contributed by atoms with Crippen molar-refractivity contribution in [3.05, 3.63) is 57.8 Å². The number of halogens is 1. The molecule has 1 aliphatic rings. The lowest BCUT2D eigenvalue weighted by Gasteiger charge is -2.27. The normalized spacial score (nSPS) is 15.0. The Hall–Kier alpha value is -2.93. The second-order valence-electron chi connectivity index (χ2n) is 9.00. The number of rotatable bonds is 6. The lowest BCUT2D eigenvalue weighted by molar-refractivity contribution is 0.0690. The number of benzene rings is 1. The van der Waals surface area contributed by atoms with Crippen LogP contribution in [0, 0.1) is 12.3 Å². The van der Waals surface area contributed by atoms with Crippen LogP contribution in [0.2, 0.25) is 5.02 Å². The van der Waals surface area contributed by atoms with Gasteiger partial charge in [0.1, 0.15) is 5.76 Å². The first-order chi connectivity index (χ1) is 15.2. The summed E-state index contributed by atoms with van der Waals surface area (Å²) >= 11 is 6.22. The van der Waals surface area contributed by atoms with Gasteiger partial charge in [-0.1, -0.05) is 44.5 Å². The highest BCUT2D eigenvalue weighted by atomic mass is 35.5. The smallest absolute Gasteiger partial charge is 0.290 e. The van der Waals surface area contributed by atoms with E-state index in [1.165, 1.54) is 0 Å². The maximum absolute atomic E-state index is 13.4. The summed E-state index contributed by atoms with van der Waals surface area (Å²) in [5.41, 5.74) is 1.62. The molecule has 0 bridgehead atoms. The first kappa shape index (κ1) is 22.3. The zero-order valence-corrected chi connectivity index (χ0v) is 19.5. The minimum Gasteiger partial charge on any atom is -0.455 e. The summed E-state index contributed by atoms with van der Waals surface area (Å²) < 4.78 is 11.7. The number of nitrogens with zero attached hydrogens (tertiary/aromatic N) is 3. The van der Waals surface area contributed by atoms with E-state index < -0.39 is 0 Å². The molecule has 7 nitrogen and oxygen atoms in total. The molecule has 2 heterocycles. The molecule has 4 rings (SSSR count). The fraction of sp³-hybridized carbons (Fsp3) is 0.417. The van der Waals surface area contributed by atoms with E-state index in [1.807, 2.05) is 32.9 Å². The number of amides is 1. The van der Waals surface area contributed by atoms with E-state index in [2.05, 4.69) is 10.2 Å². The molecule has 1 aliphatic carbocycles. The molecule has 0 fully saturated rings. The van der Waals surface area contributed by atoms with Crippen molar-refractivity contribution in [3.8, 4) is 11.5 Å². The second kappa shape index (κ2) is 8.54. The van der Waals surface area contributed by atoms with Crippen LogP contribution >= 0.6 is 11.6 Å². The molecule has 0 saturated carbocycles. The van der Waals surface area contributed by atoms with Crippen LogP contribution in [0.4, 0.5) is 0 Å². The highest BCUT2D eigenvalue weighted by molar-refractivity contribution is 6.33. The number of fused-ring (bicyclic) bond motifs is 1. The molecule has 1 amide bonds. The lowest BCUT2D eigenvalue weighted by atomic mass is 9.76. The van der Waals surface area contributed by atoms with Crippen LogP contribution in [0.15, 0.2) is 33.1 Å². The third kappa shape index (κ3) is 4.21. The van der Waals surface area contributed by atoms with Crippen LogP contribution in [0.5, 0.6) is 0 Å². The number of carbonyl (C=O) groups excluding carboxylic acids is 2. The Labute approximate surface area is 191 Å². The molecular weight excluding hydrogens is 430 g/mol. The van der Waals surface area contributed by atoms with Gasteiger partial charge < -0.3 is 13.7 Å². The molecule has 0 saturated heterocycles. The molecule has 1 aromatic carbocycles. The van der Waals surface area contributed by atoms with E-state index >= 15 is 0 Å². The van der Waals surface area contributed by atoms with Crippen molar-refractivity contribution in [1.82, 2.24) is 15.1 Å². The summed E-state index contributed by atoms with van der Waals surface area (Å²) in [6.45, 7) is 8.43. The molecule has 0 N–H and O–H groups in total. The standard InChI is InChI=1S/C24H26ClN3O4/c1-5-10-28(13-19-26-27-22(32-19)15-8-6-7-9-16(15)25)23(30)21-14(2)20-17(29)11-24(3,4)12-18(20)31-21/h6-9H,5,10-13H2,1-4H3. The van der Waals surface area contributed by atoms with Gasteiger partial charge in [0.15, 0.2) is 11.5 Å². The Morgan fingerprint density at radius 3 is 2.66 bits per heavy atom. The Kier molecular flexibility index (Phi) is 5.95. The van der Waals surface area contributed by atoms with Gasteiger partial charge in [-0.2, -0.15) is 0 Å². The Balaban J connectivity index is 1.60. The third-order valence-electron chi connectivity index (χ3n) is 5.65. The molecule has 0 unspecified atom stereocenters. The van der Waals surface area contributed by atoms with E-state index in [0.29, 0.717) is 58.6 Å². The minimum atomic E-state index is -0.290. The third-order valence-corrected chi connectivity index (χ3v) is 5.98. The van der Waals surface area contributed by atoms with Crippen LogP contribution in [-0.4, -0.2) is 33.3 Å². The van der Waals surface area contributed by atoms with Crippen molar-refractivity contribution in [2.75, 3.05) is 6.54 Å². The van der Waals surface area contributed by atoms with Crippen molar-refractivity contribution in [2.24, 2.45) is 5.41 Å². The fourth-order valence-corrected chi connectivity index (χ4v) is 4.39. The van der Waals surface area contributed by atoms with Crippen LogP contribution in [0.3, 0.4) is 0 Å². The van der Waals surface area contributed by atoms with Gasteiger partial charge in [0, 0.05) is 24.9 Å². The molecular formula is C24H26ClN3O4. The van der Waals surface area contributed by atoms with Gasteiger partial charge in [-0.25, -0.2) is 0 Å². The lowest BCUT2D eigenvalue weighted by Crippen LogP contribution is -2.31. The maximum Gasteiger partial charge on any atom is 0.290 e. The average molecular weight is 456 g/mol. The monoisotopic (exact) mass is 455 g/mol. The van der Waals surface area contributed by atoms with E-state index in [4.69, 9.17) is 20.4 Å². The first-order valence-corrected chi connectivity index (χ1v) is 11.1. The highest BCUT2D eigenvalue weighted by Crippen LogP contribution is 2.38. The van der Waals surface area contributed by atoms with Crippen LogP contribution in [-0.2, 0) is 13.0 Å². The molecule has 8 heteroatoms. The number of furan rings is 1. The van der Waals surface area contributed by atoms with Gasteiger partial charge in [0.25, 0.3) is 5.91 Å². The number of ketones is 1. The zero-order chi connectivity index (χ0) is 23.0. The fourth-order valence-electron chi connectivity index (χ4n) is 4.18. The number of aromatic nitrogens is 2. The quantitative estimate of drug-likeness (QED) is 0.487. The molecule has 0 spiro atoms. The van der Waals surface area contributed by atoms with Gasteiger partial charge in [0.05, 0.1) is 22.7 Å². The van der Waals surface area contributed by atoms with Gasteiger partial charge >= 0.3 is 0 Å². The zero-order valence-electron chi connectivity index (χ0n) is 18.7. The van der Waals surface area contributed by atoms with Gasteiger partial charge in [0.2, 0.25) is 11.8 Å². The van der Waals surface area contributed by atoms with E-state index in [0.717, 1.165) is 6.42 Å². The highest BCUT2D eigenvalue weighted by Gasteiger charge is 2.37. The summed E-state index contributed by atoms with van der Waals surface area (Å²) in [5.74, 6) is 1.14. The van der Waals surface area contributed by atoms with Gasteiger partial charge in [-0.05, 0) is 30.9 Å². The maximum atomic E-state index is 13.4. The number of hydrogen-bond donors (Lipinski definition) is 0. The second-order valence-corrected chi connectivity index (χ2v) is 9.41. The van der Waals surface area contributed by atoms with Crippen molar-refractivity contribution < 1.29 is 18.4 Å². The van der Waals surface area contributed by atoms with Crippen molar-refractivity contribution in [1.29, 1.82) is 0 Å². The molecule has 3 aromatic rings. The Bertz CT molecular complexity index is 1180. The summed E-state index contributed by atoms with van der Waals surface area (Å²) in [6.07, 6.45) is 1.81. The van der Waals surface area contributed by atoms with Crippen molar-refractivity contribution in [2.45, 2.75) is 53.5 Å². The summed E-state index contributed by atoms with van der Waals surface area (Å²) in [7, 11) is 0. The van der Waals surface area contributed by atoms with Gasteiger partial charge in [-0.15, -0.1) is 10.2 Å². The number of carbonyl (C=O) groups is 2. The average Bonchev–Trinajstić information content (AvgIpc) is 3.31. The predicted molar refractivity (Wildman–Crippen MR) is 120 cm³/mol. The topological polar surface area (TPSA) is 89.4 Å². The number of hydrogen-bond acceptors (Lipinski definition) is 6. The molecule has 32 heavy (non-hydrogen) atoms. The van der Waals surface area contributed by atoms with E-state index in [-0.39, 0.29) is 29.4 Å².